The number of aliphatic carboxylic acids is 1. The van der Waals surface area contributed by atoms with Crippen LogP contribution in [0.25, 0.3) is 0 Å². The predicted molar refractivity (Wildman–Crippen MR) is 98.7 cm³/mol. The van der Waals surface area contributed by atoms with Crippen molar-refractivity contribution in [3.63, 3.8) is 0 Å². The van der Waals surface area contributed by atoms with Gasteiger partial charge in [0.15, 0.2) is 0 Å². The fourth-order valence-corrected chi connectivity index (χ4v) is 2.63. The molecule has 1 atom stereocenters. The van der Waals surface area contributed by atoms with Crippen molar-refractivity contribution >= 4 is 17.6 Å². The van der Waals surface area contributed by atoms with Crippen LogP contribution in [0, 0.1) is 0 Å². The molecule has 1 amide bonds. The third-order valence-corrected chi connectivity index (χ3v) is 4.05. The topological polar surface area (TPSA) is 88.1 Å². The van der Waals surface area contributed by atoms with Crippen molar-refractivity contribution in [2.45, 2.75) is 38.8 Å². The van der Waals surface area contributed by atoms with Gasteiger partial charge < -0.3 is 24.8 Å². The SMILES string of the molecule is CC(C)(C)OCCC(NC(=O)c1ccc(N2CCOCC2)cc1)C(=O)O. The van der Waals surface area contributed by atoms with Crippen LogP contribution in [0.2, 0.25) is 0 Å². The molecule has 0 aromatic heterocycles. The molecule has 1 aliphatic heterocycles. The maximum absolute atomic E-state index is 12.4. The van der Waals surface area contributed by atoms with Gasteiger partial charge in [-0.15, -0.1) is 0 Å². The Morgan fingerprint density at radius 2 is 1.85 bits per heavy atom. The molecule has 1 fully saturated rings. The van der Waals surface area contributed by atoms with Crippen LogP contribution in [0.3, 0.4) is 0 Å². The Balaban J connectivity index is 1.92. The van der Waals surface area contributed by atoms with Gasteiger partial charge in [-0.3, -0.25) is 4.79 Å². The molecule has 1 heterocycles. The Bertz CT molecular complexity index is 603. The van der Waals surface area contributed by atoms with Crippen molar-refractivity contribution in [1.29, 1.82) is 0 Å². The lowest BCUT2D eigenvalue weighted by atomic mass is 10.1. The second-order valence-corrected chi connectivity index (χ2v) is 7.26. The minimum Gasteiger partial charge on any atom is -0.480 e. The van der Waals surface area contributed by atoms with Crippen molar-refractivity contribution in [1.82, 2.24) is 5.32 Å². The minimum absolute atomic E-state index is 0.213. The van der Waals surface area contributed by atoms with Crippen LogP contribution in [0.1, 0.15) is 37.6 Å². The summed E-state index contributed by atoms with van der Waals surface area (Å²) in [6, 6.07) is 6.19. The number of hydrogen-bond donors (Lipinski definition) is 2. The number of rotatable bonds is 7. The van der Waals surface area contributed by atoms with Gasteiger partial charge in [-0.25, -0.2) is 4.79 Å². The molecule has 0 bridgehead atoms. The Labute approximate surface area is 154 Å². The first kappa shape index (κ1) is 20.2. The summed E-state index contributed by atoms with van der Waals surface area (Å²) in [7, 11) is 0. The second-order valence-electron chi connectivity index (χ2n) is 7.26. The molecule has 2 N–H and O–H groups in total. The first-order chi connectivity index (χ1) is 12.3. The van der Waals surface area contributed by atoms with Crippen molar-refractivity contribution in [2.24, 2.45) is 0 Å². The molecular formula is C19H28N2O5. The average molecular weight is 364 g/mol. The summed E-state index contributed by atoms with van der Waals surface area (Å²) in [5.74, 6) is -1.47. The molecule has 2 rings (SSSR count). The number of nitrogens with zero attached hydrogens (tertiary/aromatic N) is 1. The van der Waals surface area contributed by atoms with Gasteiger partial charge in [0.25, 0.3) is 5.91 Å². The highest BCUT2D eigenvalue weighted by Gasteiger charge is 2.22. The summed E-state index contributed by atoms with van der Waals surface area (Å²) >= 11 is 0. The lowest BCUT2D eigenvalue weighted by Crippen LogP contribution is -2.42. The normalized spacial score (nSPS) is 16.2. The number of carbonyl (C=O) groups is 2. The van der Waals surface area contributed by atoms with Crippen LogP contribution >= 0.6 is 0 Å². The van der Waals surface area contributed by atoms with Crippen LogP contribution in [0.5, 0.6) is 0 Å². The van der Waals surface area contributed by atoms with Gasteiger partial charge in [0.2, 0.25) is 0 Å². The molecule has 1 aromatic rings. The van der Waals surface area contributed by atoms with Gasteiger partial charge >= 0.3 is 5.97 Å². The van der Waals surface area contributed by atoms with Crippen molar-refractivity contribution in [2.75, 3.05) is 37.8 Å². The number of carboxylic acids is 1. The van der Waals surface area contributed by atoms with Gasteiger partial charge in [-0.05, 0) is 45.0 Å². The lowest BCUT2D eigenvalue weighted by Gasteiger charge is -2.28. The maximum atomic E-state index is 12.4. The number of nitrogens with one attached hydrogen (secondary N) is 1. The molecule has 0 radical (unpaired) electrons. The monoisotopic (exact) mass is 364 g/mol. The molecular weight excluding hydrogens is 336 g/mol. The van der Waals surface area contributed by atoms with E-state index in [9.17, 15) is 14.7 Å². The number of ether oxygens (including phenoxy) is 2. The number of benzene rings is 1. The zero-order valence-corrected chi connectivity index (χ0v) is 15.7. The zero-order valence-electron chi connectivity index (χ0n) is 15.7. The summed E-state index contributed by atoms with van der Waals surface area (Å²) in [4.78, 5) is 25.9. The number of carbonyl (C=O) groups excluding carboxylic acids is 1. The van der Waals surface area contributed by atoms with Crippen LogP contribution in [-0.4, -0.2) is 61.5 Å². The number of anilines is 1. The summed E-state index contributed by atoms with van der Waals surface area (Å²) in [5.41, 5.74) is 1.12. The highest BCUT2D eigenvalue weighted by atomic mass is 16.5. The Hall–Kier alpha value is -2.12. The molecule has 0 saturated carbocycles. The summed E-state index contributed by atoms with van der Waals surface area (Å²) in [5, 5.41) is 11.9. The fourth-order valence-electron chi connectivity index (χ4n) is 2.63. The molecule has 1 saturated heterocycles. The molecule has 7 heteroatoms. The van der Waals surface area contributed by atoms with Crippen LogP contribution < -0.4 is 10.2 Å². The number of carboxylic acid groups (broad SMARTS) is 1. The smallest absolute Gasteiger partial charge is 0.326 e. The Morgan fingerprint density at radius 1 is 1.23 bits per heavy atom. The van der Waals surface area contributed by atoms with E-state index in [-0.39, 0.29) is 18.6 Å². The largest absolute Gasteiger partial charge is 0.480 e. The van der Waals surface area contributed by atoms with Gasteiger partial charge in [-0.2, -0.15) is 0 Å². The van der Waals surface area contributed by atoms with E-state index in [0.29, 0.717) is 18.8 Å². The van der Waals surface area contributed by atoms with E-state index in [1.807, 2.05) is 32.9 Å². The zero-order chi connectivity index (χ0) is 19.2. The van der Waals surface area contributed by atoms with Crippen LogP contribution in [-0.2, 0) is 14.3 Å². The van der Waals surface area contributed by atoms with Crippen molar-refractivity contribution in [3.05, 3.63) is 29.8 Å². The molecule has 1 aliphatic rings. The fraction of sp³-hybridized carbons (Fsp3) is 0.579. The number of amides is 1. The second kappa shape index (κ2) is 9.00. The summed E-state index contributed by atoms with van der Waals surface area (Å²) < 4.78 is 10.9. The van der Waals surface area contributed by atoms with Crippen molar-refractivity contribution in [3.8, 4) is 0 Å². The summed E-state index contributed by atoms with van der Waals surface area (Å²) in [6.45, 7) is 8.99. The average Bonchev–Trinajstić information content (AvgIpc) is 2.60. The molecule has 0 aliphatic carbocycles. The molecule has 1 unspecified atom stereocenters. The van der Waals surface area contributed by atoms with E-state index in [2.05, 4.69) is 10.2 Å². The molecule has 0 spiro atoms. The van der Waals surface area contributed by atoms with Gasteiger partial charge in [-0.1, -0.05) is 0 Å². The van der Waals surface area contributed by atoms with E-state index in [0.717, 1.165) is 18.8 Å². The minimum atomic E-state index is -1.07. The number of hydrogen-bond acceptors (Lipinski definition) is 5. The molecule has 7 nitrogen and oxygen atoms in total. The highest BCUT2D eigenvalue weighted by molar-refractivity contribution is 5.96. The van der Waals surface area contributed by atoms with E-state index < -0.39 is 17.9 Å². The van der Waals surface area contributed by atoms with E-state index in [1.165, 1.54) is 0 Å². The van der Waals surface area contributed by atoms with Crippen molar-refractivity contribution < 1.29 is 24.2 Å². The van der Waals surface area contributed by atoms with E-state index >= 15 is 0 Å². The van der Waals surface area contributed by atoms with Gasteiger partial charge in [0.1, 0.15) is 6.04 Å². The molecule has 1 aromatic carbocycles. The third kappa shape index (κ3) is 6.31. The number of morpholine rings is 1. The predicted octanol–water partition coefficient (Wildman–Crippen LogP) is 1.91. The quantitative estimate of drug-likeness (QED) is 0.768. The third-order valence-electron chi connectivity index (χ3n) is 4.05. The van der Waals surface area contributed by atoms with Gasteiger partial charge in [0, 0.05) is 37.4 Å². The Kier molecular flexibility index (Phi) is 6.99. The van der Waals surface area contributed by atoms with Crippen LogP contribution in [0.15, 0.2) is 24.3 Å². The highest BCUT2D eigenvalue weighted by Crippen LogP contribution is 2.17. The maximum Gasteiger partial charge on any atom is 0.326 e. The standard InChI is InChI=1S/C19H28N2O5/c1-19(2,3)26-11-8-16(18(23)24)20-17(22)14-4-6-15(7-5-14)21-9-12-25-13-10-21/h4-7,16H,8-13H2,1-3H3,(H,20,22)(H,23,24). The molecule has 144 valence electrons. The molecule has 26 heavy (non-hydrogen) atoms. The Morgan fingerprint density at radius 3 is 2.38 bits per heavy atom. The van der Waals surface area contributed by atoms with E-state index in [4.69, 9.17) is 9.47 Å². The summed E-state index contributed by atoms with van der Waals surface area (Å²) in [6.07, 6.45) is 0.213. The lowest BCUT2D eigenvalue weighted by molar-refractivity contribution is -0.140. The van der Waals surface area contributed by atoms with E-state index in [1.54, 1.807) is 12.1 Å². The van der Waals surface area contributed by atoms with Crippen LogP contribution in [0.4, 0.5) is 5.69 Å². The van der Waals surface area contributed by atoms with Gasteiger partial charge in [0.05, 0.1) is 18.8 Å². The first-order valence-corrected chi connectivity index (χ1v) is 8.87. The first-order valence-electron chi connectivity index (χ1n) is 8.87.